The Bertz CT molecular complexity index is 533. The van der Waals surface area contributed by atoms with E-state index in [4.69, 9.17) is 5.26 Å². The molecule has 0 N–H and O–H groups in total. The summed E-state index contributed by atoms with van der Waals surface area (Å²) in [5, 5.41) is 9.08. The highest BCUT2D eigenvalue weighted by molar-refractivity contribution is 5.55. The Hall–Kier alpha value is -1.77. The number of rotatable bonds is 1. The van der Waals surface area contributed by atoms with Crippen LogP contribution in [0.3, 0.4) is 0 Å². The number of hydrogen-bond donors (Lipinski definition) is 0. The Morgan fingerprint density at radius 1 is 1.35 bits per heavy atom. The minimum absolute atomic E-state index is 0.0850. The summed E-state index contributed by atoms with van der Waals surface area (Å²) in [7, 11) is 0. The predicted octanol–water partition coefficient (Wildman–Crippen LogP) is 3.60. The smallest absolute Gasteiger partial charge is 0.353 e. The van der Waals surface area contributed by atoms with E-state index in [2.05, 4.69) is 11.9 Å². The highest BCUT2D eigenvalue weighted by atomic mass is 19.4. The minimum atomic E-state index is -4.49. The second-order valence-electron chi connectivity index (χ2n) is 5.35. The molecule has 0 aromatic carbocycles. The zero-order valence-electron chi connectivity index (χ0n) is 11.4. The highest BCUT2D eigenvalue weighted by Crippen LogP contribution is 2.33. The van der Waals surface area contributed by atoms with Crippen molar-refractivity contribution in [2.24, 2.45) is 5.92 Å². The molecule has 0 aliphatic carbocycles. The average Bonchev–Trinajstić information content (AvgIpc) is 2.37. The zero-order valence-corrected chi connectivity index (χ0v) is 11.4. The van der Waals surface area contributed by atoms with Crippen molar-refractivity contribution in [2.75, 3.05) is 11.4 Å². The van der Waals surface area contributed by atoms with Crippen LogP contribution in [0, 0.1) is 17.2 Å². The molecule has 108 valence electrons. The van der Waals surface area contributed by atoms with Gasteiger partial charge in [0.2, 0.25) is 0 Å². The van der Waals surface area contributed by atoms with Gasteiger partial charge in [0.05, 0.1) is 5.56 Å². The fourth-order valence-corrected chi connectivity index (χ4v) is 2.63. The summed E-state index contributed by atoms with van der Waals surface area (Å²) in [4.78, 5) is 5.51. The highest BCUT2D eigenvalue weighted by Gasteiger charge is 2.34. The lowest BCUT2D eigenvalue weighted by Gasteiger charge is -2.38. The van der Waals surface area contributed by atoms with E-state index in [0.717, 1.165) is 18.9 Å². The molecule has 1 fully saturated rings. The minimum Gasteiger partial charge on any atom is -0.353 e. The van der Waals surface area contributed by atoms with Crippen molar-refractivity contribution in [3.8, 4) is 6.07 Å². The van der Waals surface area contributed by atoms with Crippen LogP contribution in [-0.2, 0) is 6.18 Å². The summed E-state index contributed by atoms with van der Waals surface area (Å²) in [5.41, 5.74) is -0.753. The molecule has 20 heavy (non-hydrogen) atoms. The third-order valence-corrected chi connectivity index (χ3v) is 3.70. The Kier molecular flexibility index (Phi) is 3.89. The number of piperidine rings is 1. The first-order chi connectivity index (χ1) is 9.32. The largest absolute Gasteiger partial charge is 0.433 e. The van der Waals surface area contributed by atoms with Crippen molar-refractivity contribution in [3.63, 3.8) is 0 Å². The van der Waals surface area contributed by atoms with Crippen LogP contribution in [0.1, 0.15) is 37.9 Å². The quantitative estimate of drug-likeness (QED) is 0.790. The van der Waals surface area contributed by atoms with Gasteiger partial charge in [-0.15, -0.1) is 0 Å². The molecule has 1 saturated heterocycles. The van der Waals surface area contributed by atoms with Gasteiger partial charge in [-0.2, -0.15) is 18.4 Å². The van der Waals surface area contributed by atoms with Gasteiger partial charge in [-0.1, -0.05) is 6.92 Å². The lowest BCUT2D eigenvalue weighted by Crippen LogP contribution is -2.41. The van der Waals surface area contributed by atoms with Crippen LogP contribution in [-0.4, -0.2) is 17.6 Å². The van der Waals surface area contributed by atoms with E-state index < -0.39 is 11.9 Å². The summed E-state index contributed by atoms with van der Waals surface area (Å²) < 4.78 is 38.3. The number of anilines is 1. The molecule has 1 aliphatic heterocycles. The van der Waals surface area contributed by atoms with Gasteiger partial charge in [-0.3, -0.25) is 0 Å². The molecule has 2 unspecified atom stereocenters. The normalized spacial score (nSPS) is 23.5. The van der Waals surface area contributed by atoms with Gasteiger partial charge in [-0.05, 0) is 37.8 Å². The first kappa shape index (κ1) is 14.6. The van der Waals surface area contributed by atoms with Gasteiger partial charge < -0.3 is 4.90 Å². The number of halogens is 3. The summed E-state index contributed by atoms with van der Waals surface area (Å²) >= 11 is 0. The lowest BCUT2D eigenvalue weighted by atomic mass is 9.93. The molecular weight excluding hydrogens is 267 g/mol. The third kappa shape index (κ3) is 2.87. The molecule has 0 saturated carbocycles. The fraction of sp³-hybridized carbons (Fsp3) is 0.571. The molecule has 0 amide bonds. The molecule has 2 rings (SSSR count). The standard InChI is InChI=1S/C14H16F3N3/c1-9-5-6-20(10(2)7-9)13-11(8-18)3-4-12(19-13)14(15,16)17/h3-4,9-10H,5-7H2,1-2H3. The maximum Gasteiger partial charge on any atom is 0.433 e. The molecule has 1 aromatic rings. The van der Waals surface area contributed by atoms with Crippen LogP contribution in [0.4, 0.5) is 19.0 Å². The molecule has 0 spiro atoms. The Morgan fingerprint density at radius 2 is 2.05 bits per heavy atom. The second kappa shape index (κ2) is 5.31. The maximum absolute atomic E-state index is 12.8. The number of nitriles is 1. The lowest BCUT2D eigenvalue weighted by molar-refractivity contribution is -0.141. The van der Waals surface area contributed by atoms with E-state index >= 15 is 0 Å². The van der Waals surface area contributed by atoms with Gasteiger partial charge in [0, 0.05) is 12.6 Å². The number of nitrogens with zero attached hydrogens (tertiary/aromatic N) is 3. The second-order valence-corrected chi connectivity index (χ2v) is 5.35. The summed E-state index contributed by atoms with van der Waals surface area (Å²) in [6.07, 6.45) is -2.70. The molecule has 1 aromatic heterocycles. The van der Waals surface area contributed by atoms with Crippen molar-refractivity contribution in [1.82, 2.24) is 4.98 Å². The molecule has 6 heteroatoms. The maximum atomic E-state index is 12.8. The molecule has 2 heterocycles. The van der Waals surface area contributed by atoms with Crippen molar-refractivity contribution < 1.29 is 13.2 Å². The van der Waals surface area contributed by atoms with Crippen LogP contribution in [0.5, 0.6) is 0 Å². The van der Waals surface area contributed by atoms with E-state index in [-0.39, 0.29) is 17.4 Å². The van der Waals surface area contributed by atoms with Crippen molar-refractivity contribution in [2.45, 2.75) is 38.9 Å². The van der Waals surface area contributed by atoms with Crippen LogP contribution in [0.2, 0.25) is 0 Å². The first-order valence-corrected chi connectivity index (χ1v) is 6.58. The van der Waals surface area contributed by atoms with E-state index in [1.165, 1.54) is 6.07 Å². The van der Waals surface area contributed by atoms with Crippen LogP contribution < -0.4 is 4.90 Å². The van der Waals surface area contributed by atoms with Crippen molar-refractivity contribution in [3.05, 3.63) is 23.4 Å². The van der Waals surface area contributed by atoms with Crippen LogP contribution in [0.15, 0.2) is 12.1 Å². The third-order valence-electron chi connectivity index (χ3n) is 3.70. The fourth-order valence-electron chi connectivity index (χ4n) is 2.63. The molecule has 2 atom stereocenters. The Labute approximate surface area is 116 Å². The summed E-state index contributed by atoms with van der Waals surface area (Å²) in [6.45, 7) is 4.71. The van der Waals surface area contributed by atoms with Gasteiger partial charge >= 0.3 is 6.18 Å². The van der Waals surface area contributed by atoms with E-state index in [0.29, 0.717) is 12.5 Å². The number of alkyl halides is 3. The van der Waals surface area contributed by atoms with Gasteiger partial charge in [0.25, 0.3) is 0 Å². The monoisotopic (exact) mass is 283 g/mol. The zero-order chi connectivity index (χ0) is 14.9. The van der Waals surface area contributed by atoms with E-state index in [1.54, 1.807) is 0 Å². The molecular formula is C14H16F3N3. The Balaban J connectivity index is 2.41. The van der Waals surface area contributed by atoms with E-state index in [1.807, 2.05) is 17.9 Å². The van der Waals surface area contributed by atoms with Crippen LogP contribution in [0.25, 0.3) is 0 Å². The Morgan fingerprint density at radius 3 is 2.60 bits per heavy atom. The molecule has 0 radical (unpaired) electrons. The molecule has 3 nitrogen and oxygen atoms in total. The topological polar surface area (TPSA) is 39.9 Å². The van der Waals surface area contributed by atoms with E-state index in [9.17, 15) is 13.2 Å². The average molecular weight is 283 g/mol. The van der Waals surface area contributed by atoms with Crippen molar-refractivity contribution >= 4 is 5.82 Å². The van der Waals surface area contributed by atoms with Gasteiger partial charge in [0.1, 0.15) is 17.6 Å². The van der Waals surface area contributed by atoms with Crippen LogP contribution >= 0.6 is 0 Å². The molecule has 0 bridgehead atoms. The van der Waals surface area contributed by atoms with Gasteiger partial charge in [-0.25, -0.2) is 4.98 Å². The molecule has 1 aliphatic rings. The number of pyridine rings is 1. The van der Waals surface area contributed by atoms with Gasteiger partial charge in [0.15, 0.2) is 0 Å². The first-order valence-electron chi connectivity index (χ1n) is 6.58. The predicted molar refractivity (Wildman–Crippen MR) is 69.2 cm³/mol. The van der Waals surface area contributed by atoms with Crippen molar-refractivity contribution in [1.29, 1.82) is 5.26 Å². The summed E-state index contributed by atoms with van der Waals surface area (Å²) in [6, 6.07) is 4.08. The number of aromatic nitrogens is 1. The SMILES string of the molecule is CC1CCN(c2nc(C(F)(F)F)ccc2C#N)C(C)C1. The summed E-state index contributed by atoms with van der Waals surface area (Å²) in [5.74, 6) is 0.694. The number of hydrogen-bond acceptors (Lipinski definition) is 3.